The molecule has 0 spiro atoms. The highest BCUT2D eigenvalue weighted by molar-refractivity contribution is 6.37. The average molecular weight is 543 g/mol. The van der Waals surface area contributed by atoms with E-state index in [9.17, 15) is 15.0 Å². The molecule has 1 saturated carbocycles. The van der Waals surface area contributed by atoms with Crippen molar-refractivity contribution in [1.29, 1.82) is 0 Å². The molecule has 1 aliphatic heterocycles. The number of phenolic OH excluding ortho intramolecular Hbond substituents is 1. The molecule has 1 atom stereocenters. The van der Waals surface area contributed by atoms with Crippen LogP contribution in [0.1, 0.15) is 55.8 Å². The Hall–Kier alpha value is -2.38. The number of aliphatic hydroxyl groups excluding tert-OH is 1. The van der Waals surface area contributed by atoms with Crippen LogP contribution in [0.15, 0.2) is 36.5 Å². The fourth-order valence-corrected chi connectivity index (χ4v) is 6.38. The van der Waals surface area contributed by atoms with Crippen molar-refractivity contribution >= 4 is 45.6 Å². The lowest BCUT2D eigenvalue weighted by atomic mass is 9.85. The van der Waals surface area contributed by atoms with Gasteiger partial charge in [-0.05, 0) is 93.3 Å². The number of ketones is 1. The minimum atomic E-state index is -0.136. The molecule has 2 heterocycles. The quantitative estimate of drug-likeness (QED) is 0.294. The minimum Gasteiger partial charge on any atom is -0.505 e. The number of pyridine rings is 1. The molecule has 8 heteroatoms. The summed E-state index contributed by atoms with van der Waals surface area (Å²) in [7, 11) is 0. The van der Waals surface area contributed by atoms with Gasteiger partial charge >= 0.3 is 0 Å². The van der Waals surface area contributed by atoms with Crippen LogP contribution in [-0.4, -0.2) is 57.7 Å². The Kier molecular flexibility index (Phi) is 7.91. The lowest BCUT2D eigenvalue weighted by molar-refractivity contribution is 0.101. The second-order valence-corrected chi connectivity index (χ2v) is 11.3. The fraction of sp³-hybridized carbons (Fsp3) is 0.448. The highest BCUT2D eigenvalue weighted by atomic mass is 35.5. The smallest absolute Gasteiger partial charge is 0.163 e. The Morgan fingerprint density at radius 1 is 1.08 bits per heavy atom. The van der Waals surface area contributed by atoms with Gasteiger partial charge in [0.05, 0.1) is 33.4 Å². The molecule has 0 unspecified atom stereocenters. The van der Waals surface area contributed by atoms with Crippen molar-refractivity contribution in [1.82, 2.24) is 9.88 Å². The number of phenols is 1. The summed E-state index contributed by atoms with van der Waals surface area (Å²) in [6.07, 6.45) is 8.26. The molecule has 2 aliphatic rings. The van der Waals surface area contributed by atoms with Gasteiger partial charge in [0.2, 0.25) is 0 Å². The summed E-state index contributed by atoms with van der Waals surface area (Å²) in [5.74, 6) is 0.473. The van der Waals surface area contributed by atoms with Crippen molar-refractivity contribution < 1.29 is 15.0 Å². The SMILES string of the molecule is CC(=O)c1cnc2ccc(-c3cc(Cl)c(O)c(Cl)c3)cc2c1NC1CCC(CN2CCC[C@@H]2CO)CC1. The molecular formula is C29H33Cl2N3O3. The first kappa shape index (κ1) is 26.2. The minimum absolute atomic E-state index is 0.0317. The molecule has 0 bridgehead atoms. The number of aromatic nitrogens is 1. The third kappa shape index (κ3) is 5.58. The van der Waals surface area contributed by atoms with Gasteiger partial charge in [0.25, 0.3) is 0 Å². The Morgan fingerprint density at radius 3 is 2.49 bits per heavy atom. The fourth-order valence-electron chi connectivity index (χ4n) is 5.89. The molecule has 3 N–H and O–H groups in total. The third-order valence-corrected chi connectivity index (χ3v) is 8.57. The number of fused-ring (bicyclic) bond motifs is 1. The Bertz CT molecular complexity index is 1280. The predicted molar refractivity (Wildman–Crippen MR) is 150 cm³/mol. The number of aromatic hydroxyl groups is 1. The summed E-state index contributed by atoms with van der Waals surface area (Å²) in [5.41, 5.74) is 3.84. The number of Topliss-reactive ketones (excluding diaryl/α,β-unsaturated/α-hetero) is 1. The van der Waals surface area contributed by atoms with Gasteiger partial charge in [-0.1, -0.05) is 29.3 Å². The van der Waals surface area contributed by atoms with Gasteiger partial charge in [0.15, 0.2) is 11.5 Å². The van der Waals surface area contributed by atoms with Crippen molar-refractivity contribution in [3.05, 3.63) is 52.1 Å². The summed E-state index contributed by atoms with van der Waals surface area (Å²) >= 11 is 12.4. The van der Waals surface area contributed by atoms with Gasteiger partial charge < -0.3 is 15.5 Å². The van der Waals surface area contributed by atoms with Gasteiger partial charge in [0, 0.05) is 30.2 Å². The molecule has 2 fully saturated rings. The first-order valence-electron chi connectivity index (χ1n) is 13.1. The Morgan fingerprint density at radius 2 is 1.81 bits per heavy atom. The van der Waals surface area contributed by atoms with E-state index < -0.39 is 0 Å². The molecule has 6 nitrogen and oxygen atoms in total. The highest BCUT2D eigenvalue weighted by Crippen LogP contribution is 2.39. The lowest BCUT2D eigenvalue weighted by Gasteiger charge is -2.34. The van der Waals surface area contributed by atoms with Gasteiger partial charge in [-0.2, -0.15) is 0 Å². The molecule has 1 aromatic heterocycles. The molecule has 196 valence electrons. The second-order valence-electron chi connectivity index (χ2n) is 10.5. The van der Waals surface area contributed by atoms with Crippen LogP contribution in [0.25, 0.3) is 22.0 Å². The van der Waals surface area contributed by atoms with E-state index >= 15 is 0 Å². The topological polar surface area (TPSA) is 85.7 Å². The highest BCUT2D eigenvalue weighted by Gasteiger charge is 2.29. The summed E-state index contributed by atoms with van der Waals surface area (Å²) in [4.78, 5) is 19.6. The van der Waals surface area contributed by atoms with E-state index in [0.29, 0.717) is 17.5 Å². The number of benzene rings is 2. The maximum absolute atomic E-state index is 12.6. The van der Waals surface area contributed by atoms with E-state index in [4.69, 9.17) is 23.2 Å². The number of carbonyl (C=O) groups excluding carboxylic acids is 1. The number of halogens is 2. The number of nitrogens with one attached hydrogen (secondary N) is 1. The van der Waals surface area contributed by atoms with E-state index in [1.165, 1.54) is 6.42 Å². The molecule has 0 radical (unpaired) electrons. The number of carbonyl (C=O) groups is 1. The molecule has 3 aromatic rings. The number of aliphatic hydroxyl groups is 1. The van der Waals surface area contributed by atoms with Crippen molar-refractivity contribution in [2.75, 3.05) is 25.0 Å². The normalized spacial score (nSPS) is 22.4. The van der Waals surface area contributed by atoms with E-state index in [1.54, 1.807) is 25.3 Å². The summed E-state index contributed by atoms with van der Waals surface area (Å²) in [6.45, 7) is 3.98. The van der Waals surface area contributed by atoms with Crippen LogP contribution in [0.5, 0.6) is 5.75 Å². The Labute approximate surface area is 227 Å². The molecule has 1 saturated heterocycles. The van der Waals surface area contributed by atoms with Gasteiger partial charge in [-0.15, -0.1) is 0 Å². The van der Waals surface area contributed by atoms with E-state index in [0.717, 1.165) is 72.9 Å². The maximum Gasteiger partial charge on any atom is 0.163 e. The molecular weight excluding hydrogens is 509 g/mol. The molecule has 1 aliphatic carbocycles. The van der Waals surface area contributed by atoms with Crippen LogP contribution < -0.4 is 5.32 Å². The van der Waals surface area contributed by atoms with Crippen LogP contribution in [0.3, 0.4) is 0 Å². The number of nitrogens with zero attached hydrogens (tertiary/aromatic N) is 2. The Balaban J connectivity index is 1.39. The number of hydrogen-bond donors (Lipinski definition) is 3. The van der Waals surface area contributed by atoms with Crippen molar-refractivity contribution in [3.63, 3.8) is 0 Å². The summed E-state index contributed by atoms with van der Waals surface area (Å²) in [6, 6.07) is 9.83. The predicted octanol–water partition coefficient (Wildman–Crippen LogP) is 6.54. The zero-order valence-corrected chi connectivity index (χ0v) is 22.5. The van der Waals surface area contributed by atoms with Gasteiger partial charge in [0.1, 0.15) is 0 Å². The maximum atomic E-state index is 12.6. The number of hydrogen-bond acceptors (Lipinski definition) is 6. The first-order valence-corrected chi connectivity index (χ1v) is 13.8. The largest absolute Gasteiger partial charge is 0.505 e. The molecule has 5 rings (SSSR count). The van der Waals surface area contributed by atoms with Gasteiger partial charge in [-0.3, -0.25) is 14.7 Å². The summed E-state index contributed by atoms with van der Waals surface area (Å²) < 4.78 is 0. The first-order chi connectivity index (χ1) is 17.8. The zero-order chi connectivity index (χ0) is 26.1. The van der Waals surface area contributed by atoms with E-state index in [-0.39, 0.29) is 34.2 Å². The second kappa shape index (κ2) is 11.2. The van der Waals surface area contributed by atoms with Crippen molar-refractivity contribution in [2.45, 2.75) is 57.5 Å². The van der Waals surface area contributed by atoms with Crippen LogP contribution >= 0.6 is 23.2 Å². The number of likely N-dealkylation sites (tertiary alicyclic amines) is 1. The molecule has 37 heavy (non-hydrogen) atoms. The van der Waals surface area contributed by atoms with Crippen molar-refractivity contribution in [2.24, 2.45) is 5.92 Å². The molecule has 2 aromatic carbocycles. The average Bonchev–Trinajstić information content (AvgIpc) is 3.34. The van der Waals surface area contributed by atoms with Crippen LogP contribution in [-0.2, 0) is 0 Å². The van der Waals surface area contributed by atoms with Crippen LogP contribution in [0, 0.1) is 5.92 Å². The van der Waals surface area contributed by atoms with Gasteiger partial charge in [-0.25, -0.2) is 0 Å². The summed E-state index contributed by atoms with van der Waals surface area (Å²) in [5, 5.41) is 24.6. The van der Waals surface area contributed by atoms with E-state index in [2.05, 4.69) is 15.2 Å². The molecule has 0 amide bonds. The standard InChI is InChI=1S/C29H33Cl2N3O3/c1-17(36)24-14-32-27-9-6-19(20-12-25(30)29(37)26(31)13-20)11-23(27)28(24)33-21-7-4-18(5-8-21)15-34-10-2-3-22(34)16-35/h6,9,11-14,18,21-22,35,37H,2-5,7-8,10,15-16H2,1H3,(H,32,33)/t18?,21?,22-/m1/s1. The van der Waals surface area contributed by atoms with Crippen LogP contribution in [0.4, 0.5) is 5.69 Å². The lowest BCUT2D eigenvalue weighted by Crippen LogP contribution is -2.38. The van der Waals surface area contributed by atoms with Crippen molar-refractivity contribution in [3.8, 4) is 16.9 Å². The van der Waals surface area contributed by atoms with E-state index in [1.807, 2.05) is 18.2 Å². The number of anilines is 1. The van der Waals surface area contributed by atoms with Crippen LogP contribution in [0.2, 0.25) is 10.0 Å². The third-order valence-electron chi connectivity index (χ3n) is 8.00. The monoisotopic (exact) mass is 541 g/mol. The zero-order valence-electron chi connectivity index (χ0n) is 21.0. The number of rotatable bonds is 7.